The van der Waals surface area contributed by atoms with Gasteiger partial charge in [0.15, 0.2) is 11.5 Å². The summed E-state index contributed by atoms with van der Waals surface area (Å²) in [6, 6.07) is 15.8. The van der Waals surface area contributed by atoms with Crippen LogP contribution in [0.5, 0.6) is 0 Å². The third-order valence-corrected chi connectivity index (χ3v) is 4.13. The number of nitro groups is 1. The van der Waals surface area contributed by atoms with Crippen LogP contribution in [0.4, 0.5) is 11.5 Å². The second-order valence-electron chi connectivity index (χ2n) is 5.97. The van der Waals surface area contributed by atoms with Gasteiger partial charge in [-0.25, -0.2) is 14.6 Å². The Bertz CT molecular complexity index is 1170. The zero-order valence-electron chi connectivity index (χ0n) is 14.9. The minimum Gasteiger partial charge on any atom is -0.261 e. The summed E-state index contributed by atoms with van der Waals surface area (Å²) in [7, 11) is 0. The number of fused-ring (bicyclic) bond motifs is 1. The van der Waals surface area contributed by atoms with E-state index < -0.39 is 4.92 Å². The van der Waals surface area contributed by atoms with Crippen LogP contribution in [0.15, 0.2) is 66.0 Å². The molecule has 2 heterocycles. The predicted molar refractivity (Wildman–Crippen MR) is 106 cm³/mol. The Kier molecular flexibility index (Phi) is 4.47. The van der Waals surface area contributed by atoms with Gasteiger partial charge in [-0.1, -0.05) is 30.3 Å². The summed E-state index contributed by atoms with van der Waals surface area (Å²) in [6.45, 7) is 1.85. The Morgan fingerprint density at radius 2 is 1.86 bits per heavy atom. The minimum absolute atomic E-state index is 0.0177. The van der Waals surface area contributed by atoms with Crippen molar-refractivity contribution in [3.63, 3.8) is 0 Å². The molecule has 0 spiro atoms. The fourth-order valence-corrected chi connectivity index (χ4v) is 2.80. The van der Waals surface area contributed by atoms with Crippen LogP contribution in [0.25, 0.3) is 16.7 Å². The number of hydrogen-bond acceptors (Lipinski definition) is 7. The Labute approximate surface area is 159 Å². The van der Waals surface area contributed by atoms with Crippen molar-refractivity contribution in [2.75, 3.05) is 5.43 Å². The highest BCUT2D eigenvalue weighted by Crippen LogP contribution is 2.26. The summed E-state index contributed by atoms with van der Waals surface area (Å²) in [5.74, 6) is 0.530. The predicted octanol–water partition coefficient (Wildman–Crippen LogP) is 3.48. The molecule has 1 N–H and O–H groups in total. The molecule has 2 aromatic carbocycles. The molecular weight excluding hydrogens is 358 g/mol. The van der Waals surface area contributed by atoms with Gasteiger partial charge >= 0.3 is 0 Å². The molecule has 0 aliphatic carbocycles. The van der Waals surface area contributed by atoms with Crippen LogP contribution in [0.1, 0.15) is 11.3 Å². The smallest absolute Gasteiger partial charge is 0.261 e. The van der Waals surface area contributed by atoms with E-state index in [1.807, 2.05) is 37.3 Å². The van der Waals surface area contributed by atoms with Gasteiger partial charge in [-0.2, -0.15) is 10.2 Å². The van der Waals surface area contributed by atoms with Crippen molar-refractivity contribution in [3.8, 4) is 5.69 Å². The molecular formula is C19H15N7O2. The average molecular weight is 373 g/mol. The minimum atomic E-state index is -0.439. The van der Waals surface area contributed by atoms with Gasteiger partial charge in [0.2, 0.25) is 0 Å². The molecule has 28 heavy (non-hydrogen) atoms. The highest BCUT2D eigenvalue weighted by molar-refractivity contribution is 5.90. The normalized spacial score (nSPS) is 11.2. The highest BCUT2D eigenvalue weighted by Gasteiger charge is 2.15. The van der Waals surface area contributed by atoms with Gasteiger partial charge in [-0.05, 0) is 24.6 Å². The summed E-state index contributed by atoms with van der Waals surface area (Å²) < 4.78 is 1.63. The van der Waals surface area contributed by atoms with Crippen LogP contribution in [0.3, 0.4) is 0 Å². The van der Waals surface area contributed by atoms with E-state index in [4.69, 9.17) is 0 Å². The third kappa shape index (κ3) is 3.28. The Morgan fingerprint density at radius 1 is 1.11 bits per heavy atom. The lowest BCUT2D eigenvalue weighted by molar-refractivity contribution is -0.384. The average Bonchev–Trinajstić information content (AvgIpc) is 3.06. The van der Waals surface area contributed by atoms with E-state index in [-0.39, 0.29) is 5.69 Å². The quantitative estimate of drug-likeness (QED) is 0.326. The first-order valence-corrected chi connectivity index (χ1v) is 8.43. The maximum absolute atomic E-state index is 10.9. The fraction of sp³-hybridized carbons (Fsp3) is 0.0526. The van der Waals surface area contributed by atoms with Gasteiger partial charge < -0.3 is 0 Å². The molecule has 0 aliphatic rings. The molecule has 4 rings (SSSR count). The molecule has 0 fully saturated rings. The second kappa shape index (κ2) is 7.23. The van der Waals surface area contributed by atoms with Crippen molar-refractivity contribution in [2.24, 2.45) is 5.10 Å². The van der Waals surface area contributed by atoms with Crippen molar-refractivity contribution < 1.29 is 4.92 Å². The van der Waals surface area contributed by atoms with Crippen molar-refractivity contribution in [3.05, 3.63) is 82.3 Å². The topological polar surface area (TPSA) is 111 Å². The molecule has 138 valence electrons. The lowest BCUT2D eigenvalue weighted by Gasteiger charge is -2.04. The van der Waals surface area contributed by atoms with Gasteiger partial charge in [-0.15, -0.1) is 0 Å². The number of nitro benzene ring substituents is 1. The van der Waals surface area contributed by atoms with E-state index in [9.17, 15) is 10.1 Å². The Morgan fingerprint density at radius 3 is 2.57 bits per heavy atom. The zero-order valence-corrected chi connectivity index (χ0v) is 14.9. The van der Waals surface area contributed by atoms with Crippen LogP contribution in [-0.4, -0.2) is 30.9 Å². The van der Waals surface area contributed by atoms with Crippen LogP contribution in [0.2, 0.25) is 0 Å². The number of nitrogens with zero attached hydrogens (tertiary/aromatic N) is 6. The molecule has 9 heteroatoms. The third-order valence-electron chi connectivity index (χ3n) is 4.13. The molecule has 2 aromatic heterocycles. The molecule has 0 aliphatic heterocycles. The largest absolute Gasteiger partial charge is 0.269 e. The molecule has 0 saturated carbocycles. The van der Waals surface area contributed by atoms with E-state index in [0.29, 0.717) is 22.8 Å². The van der Waals surface area contributed by atoms with E-state index in [1.54, 1.807) is 23.0 Å². The van der Waals surface area contributed by atoms with Crippen molar-refractivity contribution in [1.82, 2.24) is 19.7 Å². The van der Waals surface area contributed by atoms with E-state index in [0.717, 1.165) is 10.9 Å². The first-order valence-electron chi connectivity index (χ1n) is 8.43. The standard InChI is InChI=1S/C19H15N7O2/c1-13-17-18(23-22-11-14-5-3-2-4-6-14)20-12-21-19(17)25(24-13)15-7-9-16(10-8-15)26(27)28/h2-12H,1H3,(H,20,21,23)/b22-11+. The maximum Gasteiger partial charge on any atom is 0.269 e. The van der Waals surface area contributed by atoms with Gasteiger partial charge in [-0.3, -0.25) is 15.5 Å². The van der Waals surface area contributed by atoms with Gasteiger partial charge in [0, 0.05) is 12.1 Å². The second-order valence-corrected chi connectivity index (χ2v) is 5.97. The number of non-ortho nitro benzene ring substituents is 1. The summed E-state index contributed by atoms with van der Waals surface area (Å²) in [5.41, 5.74) is 5.88. The molecule has 0 bridgehead atoms. The number of anilines is 1. The molecule has 4 aromatic rings. The molecule has 0 unspecified atom stereocenters. The first kappa shape index (κ1) is 17.3. The SMILES string of the molecule is Cc1nn(-c2ccc([N+](=O)[O-])cc2)c2ncnc(N/N=C/c3ccccc3)c12. The van der Waals surface area contributed by atoms with Crippen molar-refractivity contribution >= 4 is 28.8 Å². The number of aromatic nitrogens is 4. The van der Waals surface area contributed by atoms with Gasteiger partial charge in [0.05, 0.1) is 27.9 Å². The number of nitrogens with one attached hydrogen (secondary N) is 1. The maximum atomic E-state index is 10.9. The Hall–Kier alpha value is -4.14. The summed E-state index contributed by atoms with van der Waals surface area (Å²) in [5, 5.41) is 20.3. The molecule has 0 amide bonds. The summed E-state index contributed by atoms with van der Waals surface area (Å²) >= 11 is 0. The van der Waals surface area contributed by atoms with Crippen LogP contribution < -0.4 is 5.43 Å². The van der Waals surface area contributed by atoms with Crippen LogP contribution >= 0.6 is 0 Å². The number of aryl methyl sites for hydroxylation is 1. The lowest BCUT2D eigenvalue weighted by Crippen LogP contribution is -2.00. The van der Waals surface area contributed by atoms with Crippen LogP contribution in [-0.2, 0) is 0 Å². The molecule has 9 nitrogen and oxygen atoms in total. The number of rotatable bonds is 5. The van der Waals surface area contributed by atoms with Crippen molar-refractivity contribution in [1.29, 1.82) is 0 Å². The van der Waals surface area contributed by atoms with E-state index in [1.165, 1.54) is 18.5 Å². The van der Waals surface area contributed by atoms with Gasteiger partial charge in [0.1, 0.15) is 6.33 Å². The number of benzene rings is 2. The van der Waals surface area contributed by atoms with Gasteiger partial charge in [0.25, 0.3) is 5.69 Å². The number of hydrazone groups is 1. The highest BCUT2D eigenvalue weighted by atomic mass is 16.6. The van der Waals surface area contributed by atoms with Crippen molar-refractivity contribution in [2.45, 2.75) is 6.92 Å². The summed E-state index contributed by atoms with van der Waals surface area (Å²) in [4.78, 5) is 19.0. The van der Waals surface area contributed by atoms with Crippen LogP contribution in [0, 0.1) is 17.0 Å². The molecule has 0 atom stereocenters. The number of hydrogen-bond donors (Lipinski definition) is 1. The zero-order chi connectivity index (χ0) is 19.5. The van der Waals surface area contributed by atoms with E-state index in [2.05, 4.69) is 25.6 Å². The molecule has 0 radical (unpaired) electrons. The van der Waals surface area contributed by atoms with E-state index >= 15 is 0 Å². The first-order chi connectivity index (χ1) is 13.6. The Balaban J connectivity index is 1.69. The monoisotopic (exact) mass is 373 g/mol. The fourth-order valence-electron chi connectivity index (χ4n) is 2.80. The molecule has 0 saturated heterocycles. The lowest BCUT2D eigenvalue weighted by atomic mass is 10.2. The summed E-state index contributed by atoms with van der Waals surface area (Å²) in [6.07, 6.45) is 3.12.